The number of thioether (sulfide) groups is 1. The molecule has 1 aliphatic rings. The van der Waals surface area contributed by atoms with Gasteiger partial charge in [0.1, 0.15) is 46.9 Å². The Balaban J connectivity index is 1.44. The number of hydrogen-bond donors (Lipinski definition) is 3. The van der Waals surface area contributed by atoms with Crippen LogP contribution >= 0.6 is 35.0 Å². The molecule has 1 aliphatic heterocycles. The van der Waals surface area contributed by atoms with E-state index >= 15 is 0 Å². The normalized spacial score (nSPS) is 22.2. The summed E-state index contributed by atoms with van der Waals surface area (Å²) in [6.45, 7) is 5.39. The van der Waals surface area contributed by atoms with E-state index in [9.17, 15) is 24.5 Å². The standard InChI is InChI=1S/C29H35Cl2FN4O7S/c1-29(2,3)43-28(40)35(4)7-8-41-15-16-9-17(11-18(32)10-16)22-13-36(34-33-22)24-25(38)23(14-37)42-27(26(24)39)44-19-5-6-20(30)21(31)12-19/h5-6,9-13,23-27,37-39H,7-8,14-15H2,1-4H3/t23-,24+,25+,26-,27+/m1/s1. The molecule has 1 fully saturated rings. The molecule has 3 N–H and O–H groups in total. The van der Waals surface area contributed by atoms with Crippen LogP contribution in [0.1, 0.15) is 32.4 Å². The van der Waals surface area contributed by atoms with Crippen molar-refractivity contribution in [2.24, 2.45) is 0 Å². The summed E-state index contributed by atoms with van der Waals surface area (Å²) in [6, 6.07) is 8.20. The lowest BCUT2D eigenvalue weighted by molar-refractivity contribution is -0.178. The molecule has 44 heavy (non-hydrogen) atoms. The van der Waals surface area contributed by atoms with Crippen LogP contribution in [0.15, 0.2) is 47.5 Å². The lowest BCUT2D eigenvalue weighted by Gasteiger charge is -2.41. The van der Waals surface area contributed by atoms with Crippen molar-refractivity contribution in [3.05, 3.63) is 64.0 Å². The van der Waals surface area contributed by atoms with E-state index in [2.05, 4.69) is 10.3 Å². The Labute approximate surface area is 268 Å². The molecule has 1 saturated heterocycles. The zero-order valence-electron chi connectivity index (χ0n) is 24.6. The molecule has 2 heterocycles. The third-order valence-electron chi connectivity index (χ3n) is 6.61. The summed E-state index contributed by atoms with van der Waals surface area (Å²) in [4.78, 5) is 14.2. The van der Waals surface area contributed by atoms with Crippen LogP contribution in [0.25, 0.3) is 11.3 Å². The number of hydrogen-bond acceptors (Lipinski definition) is 10. The molecule has 0 radical (unpaired) electrons. The molecule has 0 bridgehead atoms. The zero-order valence-corrected chi connectivity index (χ0v) is 26.9. The number of nitrogens with zero attached hydrogens (tertiary/aromatic N) is 4. The quantitative estimate of drug-likeness (QED) is 0.263. The molecule has 2 aromatic carbocycles. The average Bonchev–Trinajstić information content (AvgIpc) is 3.43. The van der Waals surface area contributed by atoms with Crippen LogP contribution in [0, 0.1) is 5.82 Å². The van der Waals surface area contributed by atoms with Gasteiger partial charge in [-0.05, 0) is 62.7 Å². The first-order valence-corrected chi connectivity index (χ1v) is 15.4. The molecule has 0 saturated carbocycles. The maximum absolute atomic E-state index is 14.6. The van der Waals surface area contributed by atoms with Crippen LogP contribution in [0.4, 0.5) is 9.18 Å². The van der Waals surface area contributed by atoms with Crippen molar-refractivity contribution in [2.45, 2.75) is 67.7 Å². The molecule has 15 heteroatoms. The van der Waals surface area contributed by atoms with E-state index in [0.717, 1.165) is 11.8 Å². The van der Waals surface area contributed by atoms with Crippen molar-refractivity contribution in [1.29, 1.82) is 0 Å². The summed E-state index contributed by atoms with van der Waals surface area (Å²) in [5.74, 6) is -0.522. The number of halogens is 3. The second-order valence-electron chi connectivity index (χ2n) is 11.3. The molecule has 0 unspecified atom stereocenters. The van der Waals surface area contributed by atoms with Gasteiger partial charge >= 0.3 is 6.09 Å². The third-order valence-corrected chi connectivity index (χ3v) is 8.49. The minimum absolute atomic E-state index is 0.0737. The Morgan fingerprint density at radius 3 is 2.59 bits per heavy atom. The van der Waals surface area contributed by atoms with E-state index in [4.69, 9.17) is 37.4 Å². The third kappa shape index (κ3) is 8.82. The van der Waals surface area contributed by atoms with Gasteiger partial charge in [0, 0.05) is 24.1 Å². The Morgan fingerprint density at radius 2 is 1.91 bits per heavy atom. The van der Waals surface area contributed by atoms with Gasteiger partial charge < -0.3 is 34.4 Å². The van der Waals surface area contributed by atoms with Gasteiger partial charge in [-0.2, -0.15) is 0 Å². The van der Waals surface area contributed by atoms with Crippen molar-refractivity contribution >= 4 is 41.1 Å². The first-order valence-electron chi connectivity index (χ1n) is 13.7. The maximum atomic E-state index is 14.6. The topological polar surface area (TPSA) is 139 Å². The Bertz CT molecular complexity index is 1440. The van der Waals surface area contributed by atoms with E-state index < -0.39 is 53.9 Å². The van der Waals surface area contributed by atoms with Gasteiger partial charge in [0.05, 0.1) is 36.1 Å². The van der Waals surface area contributed by atoms with Gasteiger partial charge in [-0.25, -0.2) is 13.9 Å². The van der Waals surface area contributed by atoms with Gasteiger partial charge in [0.15, 0.2) is 0 Å². The molecule has 0 aliphatic carbocycles. The van der Waals surface area contributed by atoms with Gasteiger partial charge in [-0.15, -0.1) is 5.10 Å². The number of ether oxygens (including phenoxy) is 3. The van der Waals surface area contributed by atoms with E-state index in [-0.39, 0.29) is 25.5 Å². The Hall–Kier alpha value is -2.49. The predicted octanol–water partition coefficient (Wildman–Crippen LogP) is 4.55. The molecule has 4 rings (SSSR count). The SMILES string of the molecule is CN(CCOCc1cc(F)cc(-c2cn([C@H]3[C@@H](O)[C@@H](CO)O[C@@H](Sc4ccc(Cl)c(Cl)c4)[C@@H]3O)nn2)c1)C(=O)OC(C)(C)C. The number of amides is 1. The van der Waals surface area contributed by atoms with Crippen molar-refractivity contribution < 1.29 is 38.7 Å². The summed E-state index contributed by atoms with van der Waals surface area (Å²) in [5, 5.41) is 41.0. The number of carbonyl (C=O) groups is 1. The Morgan fingerprint density at radius 1 is 1.16 bits per heavy atom. The van der Waals surface area contributed by atoms with Crippen molar-refractivity contribution in [1.82, 2.24) is 19.9 Å². The number of carbonyl (C=O) groups excluding carboxylic acids is 1. The summed E-state index contributed by atoms with van der Waals surface area (Å²) in [6.07, 6.45) is -2.62. The minimum atomic E-state index is -1.33. The van der Waals surface area contributed by atoms with Crippen LogP contribution in [0.2, 0.25) is 10.0 Å². The number of rotatable bonds is 10. The van der Waals surface area contributed by atoms with Crippen LogP contribution in [0.5, 0.6) is 0 Å². The number of aliphatic hydroxyl groups excluding tert-OH is 3. The van der Waals surface area contributed by atoms with Crippen molar-refractivity contribution in [2.75, 3.05) is 26.8 Å². The van der Waals surface area contributed by atoms with E-state index in [1.807, 2.05) is 0 Å². The Kier molecular flexibility index (Phi) is 11.5. The molecule has 3 aromatic rings. The predicted molar refractivity (Wildman–Crippen MR) is 163 cm³/mol. The number of aliphatic hydroxyl groups is 3. The van der Waals surface area contributed by atoms with Gasteiger partial charge in [-0.1, -0.05) is 40.2 Å². The number of benzene rings is 2. The number of likely N-dealkylation sites (N-methyl/N-ethyl adjacent to an activating group) is 1. The van der Waals surface area contributed by atoms with Gasteiger partial charge in [0.2, 0.25) is 0 Å². The fourth-order valence-corrected chi connectivity index (χ4v) is 5.88. The molecular weight excluding hydrogens is 638 g/mol. The minimum Gasteiger partial charge on any atom is -0.444 e. The zero-order chi connectivity index (χ0) is 32.2. The summed E-state index contributed by atoms with van der Waals surface area (Å²) in [5.41, 5.74) is -0.301. The summed E-state index contributed by atoms with van der Waals surface area (Å²) in [7, 11) is 1.60. The highest BCUT2D eigenvalue weighted by molar-refractivity contribution is 7.99. The largest absolute Gasteiger partial charge is 0.444 e. The second-order valence-corrected chi connectivity index (χ2v) is 13.3. The highest BCUT2D eigenvalue weighted by Crippen LogP contribution is 2.39. The van der Waals surface area contributed by atoms with Crippen LogP contribution in [-0.4, -0.2) is 97.5 Å². The molecule has 240 valence electrons. The van der Waals surface area contributed by atoms with Crippen molar-refractivity contribution in [3.63, 3.8) is 0 Å². The highest BCUT2D eigenvalue weighted by atomic mass is 35.5. The highest BCUT2D eigenvalue weighted by Gasteiger charge is 2.46. The molecule has 0 spiro atoms. The molecule has 1 amide bonds. The van der Waals surface area contributed by atoms with E-state index in [0.29, 0.717) is 26.1 Å². The lowest BCUT2D eigenvalue weighted by Crippen LogP contribution is -2.55. The molecule has 5 atom stereocenters. The summed E-state index contributed by atoms with van der Waals surface area (Å²) >= 11 is 13.3. The lowest BCUT2D eigenvalue weighted by atomic mass is 9.97. The average molecular weight is 674 g/mol. The van der Waals surface area contributed by atoms with Crippen LogP contribution < -0.4 is 0 Å². The van der Waals surface area contributed by atoms with Crippen LogP contribution in [0.3, 0.4) is 0 Å². The second kappa shape index (κ2) is 14.7. The number of aromatic nitrogens is 3. The smallest absolute Gasteiger partial charge is 0.410 e. The molecule has 1 aromatic heterocycles. The van der Waals surface area contributed by atoms with E-state index in [1.54, 1.807) is 52.1 Å². The summed E-state index contributed by atoms with van der Waals surface area (Å²) < 4.78 is 32.6. The monoisotopic (exact) mass is 672 g/mol. The van der Waals surface area contributed by atoms with Gasteiger partial charge in [0.25, 0.3) is 0 Å². The molecule has 11 nitrogen and oxygen atoms in total. The fraction of sp³-hybridized carbons (Fsp3) is 0.483. The fourth-order valence-electron chi connectivity index (χ4n) is 4.42. The van der Waals surface area contributed by atoms with E-state index in [1.165, 1.54) is 27.9 Å². The van der Waals surface area contributed by atoms with Crippen LogP contribution in [-0.2, 0) is 20.8 Å². The first kappa shape index (κ1) is 34.4. The molecular formula is C29H35Cl2FN4O7S. The first-order chi connectivity index (χ1) is 20.8. The maximum Gasteiger partial charge on any atom is 0.410 e. The van der Waals surface area contributed by atoms with Gasteiger partial charge in [-0.3, -0.25) is 0 Å². The van der Waals surface area contributed by atoms with Crippen molar-refractivity contribution in [3.8, 4) is 11.3 Å².